The molecule has 2 aromatic rings. The van der Waals surface area contributed by atoms with Gasteiger partial charge in [-0.3, -0.25) is 9.48 Å². The zero-order chi connectivity index (χ0) is 13.8. The lowest BCUT2D eigenvalue weighted by Crippen LogP contribution is -2.22. The molecule has 0 unspecified atom stereocenters. The summed E-state index contributed by atoms with van der Waals surface area (Å²) in [4.78, 5) is 11.8. The number of carbonyl (C=O) groups excluding carboxylic acids is 1. The highest BCUT2D eigenvalue weighted by Gasteiger charge is 2.11. The fourth-order valence-electron chi connectivity index (χ4n) is 2.11. The highest BCUT2D eigenvalue weighted by molar-refractivity contribution is 5.76. The van der Waals surface area contributed by atoms with E-state index < -0.39 is 0 Å². The van der Waals surface area contributed by atoms with Crippen molar-refractivity contribution in [2.75, 3.05) is 0 Å². The van der Waals surface area contributed by atoms with Gasteiger partial charge in [0.15, 0.2) is 0 Å². The van der Waals surface area contributed by atoms with E-state index in [9.17, 15) is 4.79 Å². The van der Waals surface area contributed by atoms with Gasteiger partial charge in [-0.25, -0.2) is 0 Å². The largest absolute Gasteiger partial charge is 0.467 e. The van der Waals surface area contributed by atoms with E-state index in [1.165, 1.54) is 0 Å². The molecular formula is C14H19N3O2. The van der Waals surface area contributed by atoms with E-state index in [1.54, 1.807) is 6.26 Å². The summed E-state index contributed by atoms with van der Waals surface area (Å²) >= 11 is 0. The van der Waals surface area contributed by atoms with E-state index in [0.717, 1.165) is 29.1 Å². The Morgan fingerprint density at radius 1 is 1.47 bits per heavy atom. The molecule has 0 bridgehead atoms. The number of hydrogen-bond acceptors (Lipinski definition) is 3. The van der Waals surface area contributed by atoms with Gasteiger partial charge < -0.3 is 9.73 Å². The Morgan fingerprint density at radius 3 is 2.84 bits per heavy atom. The summed E-state index contributed by atoms with van der Waals surface area (Å²) in [5, 5.41) is 7.19. The van der Waals surface area contributed by atoms with Crippen molar-refractivity contribution < 1.29 is 9.21 Å². The maximum absolute atomic E-state index is 11.8. The molecule has 0 aliphatic rings. The van der Waals surface area contributed by atoms with Crippen LogP contribution in [-0.4, -0.2) is 15.7 Å². The second-order valence-electron chi connectivity index (χ2n) is 4.63. The summed E-state index contributed by atoms with van der Waals surface area (Å²) < 4.78 is 7.01. The number of nitrogens with zero attached hydrogens (tertiary/aromatic N) is 2. The molecule has 0 radical (unpaired) electrons. The van der Waals surface area contributed by atoms with Crippen molar-refractivity contribution in [1.82, 2.24) is 15.1 Å². The lowest BCUT2D eigenvalue weighted by atomic mass is 10.1. The van der Waals surface area contributed by atoms with Crippen LogP contribution >= 0.6 is 0 Å². The third-order valence-electron chi connectivity index (χ3n) is 3.30. The first-order valence-corrected chi connectivity index (χ1v) is 6.36. The van der Waals surface area contributed by atoms with Crippen molar-refractivity contribution in [2.45, 2.75) is 33.2 Å². The molecule has 1 amide bonds. The standard InChI is InChI=1S/C14H19N3O2/c1-10-13(11(2)17(3)16-10)6-7-14(18)15-9-12-5-4-8-19-12/h4-5,8H,6-7,9H2,1-3H3,(H,15,18). The Hall–Kier alpha value is -2.04. The number of amides is 1. The quantitative estimate of drug-likeness (QED) is 0.894. The van der Waals surface area contributed by atoms with E-state index in [0.29, 0.717) is 13.0 Å². The predicted octanol–water partition coefficient (Wildman–Crippen LogP) is 1.88. The Morgan fingerprint density at radius 2 is 2.26 bits per heavy atom. The van der Waals surface area contributed by atoms with Crippen molar-refractivity contribution in [3.63, 3.8) is 0 Å². The van der Waals surface area contributed by atoms with E-state index in [1.807, 2.05) is 37.7 Å². The van der Waals surface area contributed by atoms with Gasteiger partial charge in [-0.05, 0) is 38.0 Å². The van der Waals surface area contributed by atoms with Crippen LogP contribution in [0.5, 0.6) is 0 Å². The molecule has 0 spiro atoms. The molecule has 1 N–H and O–H groups in total. The number of furan rings is 1. The molecule has 0 atom stereocenters. The Labute approximate surface area is 112 Å². The molecule has 19 heavy (non-hydrogen) atoms. The zero-order valence-corrected chi connectivity index (χ0v) is 11.6. The van der Waals surface area contributed by atoms with E-state index >= 15 is 0 Å². The molecular weight excluding hydrogens is 242 g/mol. The number of aryl methyl sites for hydroxylation is 2. The first-order chi connectivity index (χ1) is 9.08. The van der Waals surface area contributed by atoms with Crippen molar-refractivity contribution in [3.05, 3.63) is 41.1 Å². The van der Waals surface area contributed by atoms with Gasteiger partial charge in [0.1, 0.15) is 5.76 Å². The lowest BCUT2D eigenvalue weighted by molar-refractivity contribution is -0.121. The van der Waals surface area contributed by atoms with E-state index in [-0.39, 0.29) is 5.91 Å². The minimum absolute atomic E-state index is 0.0269. The Balaban J connectivity index is 1.83. The maximum atomic E-state index is 11.8. The first-order valence-electron chi connectivity index (χ1n) is 6.36. The number of hydrogen-bond donors (Lipinski definition) is 1. The summed E-state index contributed by atoms with van der Waals surface area (Å²) in [7, 11) is 1.92. The molecule has 5 nitrogen and oxygen atoms in total. The molecule has 0 saturated carbocycles. The monoisotopic (exact) mass is 261 g/mol. The number of aromatic nitrogens is 2. The van der Waals surface area contributed by atoms with Gasteiger partial charge in [0.2, 0.25) is 5.91 Å². The number of nitrogens with one attached hydrogen (secondary N) is 1. The number of rotatable bonds is 5. The highest BCUT2D eigenvalue weighted by atomic mass is 16.3. The van der Waals surface area contributed by atoms with Gasteiger partial charge in [0, 0.05) is 19.2 Å². The normalized spacial score (nSPS) is 10.7. The molecule has 102 valence electrons. The average Bonchev–Trinajstić information content (AvgIpc) is 2.96. The number of carbonyl (C=O) groups is 1. The average molecular weight is 261 g/mol. The minimum atomic E-state index is 0.0269. The van der Waals surface area contributed by atoms with Crippen LogP contribution < -0.4 is 5.32 Å². The van der Waals surface area contributed by atoms with Gasteiger partial charge in [-0.1, -0.05) is 0 Å². The van der Waals surface area contributed by atoms with Crippen LogP contribution in [0.15, 0.2) is 22.8 Å². The van der Waals surface area contributed by atoms with Gasteiger partial charge in [0.05, 0.1) is 18.5 Å². The fourth-order valence-corrected chi connectivity index (χ4v) is 2.11. The Kier molecular flexibility index (Phi) is 4.04. The maximum Gasteiger partial charge on any atom is 0.220 e. The summed E-state index contributed by atoms with van der Waals surface area (Å²) in [5.41, 5.74) is 3.28. The first kappa shape index (κ1) is 13.4. The summed E-state index contributed by atoms with van der Waals surface area (Å²) in [6.07, 6.45) is 2.79. The van der Waals surface area contributed by atoms with Gasteiger partial charge in [-0.2, -0.15) is 5.10 Å². The van der Waals surface area contributed by atoms with Crippen molar-refractivity contribution in [1.29, 1.82) is 0 Å². The summed E-state index contributed by atoms with van der Waals surface area (Å²) in [6, 6.07) is 3.65. The van der Waals surface area contributed by atoms with E-state index in [2.05, 4.69) is 10.4 Å². The second kappa shape index (κ2) is 5.73. The van der Waals surface area contributed by atoms with Crippen LogP contribution in [0.3, 0.4) is 0 Å². The molecule has 0 saturated heterocycles. The third-order valence-corrected chi connectivity index (χ3v) is 3.30. The topological polar surface area (TPSA) is 60.1 Å². The van der Waals surface area contributed by atoms with Crippen LogP contribution in [-0.2, 0) is 24.8 Å². The van der Waals surface area contributed by atoms with Gasteiger partial charge in [0.25, 0.3) is 0 Å². The minimum Gasteiger partial charge on any atom is -0.467 e. The smallest absolute Gasteiger partial charge is 0.220 e. The predicted molar refractivity (Wildman–Crippen MR) is 71.6 cm³/mol. The van der Waals surface area contributed by atoms with Crippen molar-refractivity contribution in [2.24, 2.45) is 7.05 Å². The summed E-state index contributed by atoms with van der Waals surface area (Å²) in [5.74, 6) is 0.793. The third kappa shape index (κ3) is 3.24. The molecule has 2 rings (SSSR count). The molecule has 2 heterocycles. The molecule has 5 heteroatoms. The fraction of sp³-hybridized carbons (Fsp3) is 0.429. The van der Waals surface area contributed by atoms with Crippen LogP contribution in [0.25, 0.3) is 0 Å². The van der Waals surface area contributed by atoms with Crippen LogP contribution in [0.1, 0.15) is 29.1 Å². The SMILES string of the molecule is Cc1nn(C)c(C)c1CCC(=O)NCc1ccco1. The van der Waals surface area contributed by atoms with Crippen molar-refractivity contribution in [3.8, 4) is 0 Å². The zero-order valence-electron chi connectivity index (χ0n) is 11.6. The Bertz CT molecular complexity index is 556. The van der Waals surface area contributed by atoms with E-state index in [4.69, 9.17) is 4.42 Å². The van der Waals surface area contributed by atoms with Crippen molar-refractivity contribution >= 4 is 5.91 Å². The summed E-state index contributed by atoms with van der Waals surface area (Å²) in [6.45, 7) is 4.44. The lowest BCUT2D eigenvalue weighted by Gasteiger charge is -2.04. The van der Waals surface area contributed by atoms with Gasteiger partial charge in [-0.15, -0.1) is 0 Å². The van der Waals surface area contributed by atoms with Crippen LogP contribution in [0.2, 0.25) is 0 Å². The molecule has 0 fully saturated rings. The molecule has 0 aliphatic carbocycles. The molecule has 0 aromatic carbocycles. The van der Waals surface area contributed by atoms with Crippen LogP contribution in [0, 0.1) is 13.8 Å². The van der Waals surface area contributed by atoms with Gasteiger partial charge >= 0.3 is 0 Å². The molecule has 0 aliphatic heterocycles. The molecule has 2 aromatic heterocycles. The van der Waals surface area contributed by atoms with Crippen LogP contribution in [0.4, 0.5) is 0 Å². The highest BCUT2D eigenvalue weighted by Crippen LogP contribution is 2.13. The second-order valence-corrected chi connectivity index (χ2v) is 4.63.